The van der Waals surface area contributed by atoms with Crippen molar-refractivity contribution in [2.24, 2.45) is 0 Å². The Hall–Kier alpha value is -3.08. The summed E-state index contributed by atoms with van der Waals surface area (Å²) in [5.41, 5.74) is 4.45. The highest BCUT2D eigenvalue weighted by atomic mass is 16.5. The van der Waals surface area contributed by atoms with Crippen molar-refractivity contribution in [2.45, 2.75) is 0 Å². The van der Waals surface area contributed by atoms with Gasteiger partial charge in [-0.15, -0.1) is 0 Å². The van der Waals surface area contributed by atoms with Gasteiger partial charge in [-0.05, 0) is 36.4 Å². The molecule has 0 aliphatic heterocycles. The minimum Gasteiger partial charge on any atom is -0.497 e. The van der Waals surface area contributed by atoms with Gasteiger partial charge in [0.25, 0.3) is 5.88 Å². The fourth-order valence-corrected chi connectivity index (χ4v) is 2.67. The van der Waals surface area contributed by atoms with Crippen LogP contribution in [0.2, 0.25) is 0 Å². The first-order chi connectivity index (χ1) is 11.3. The van der Waals surface area contributed by atoms with Gasteiger partial charge < -0.3 is 9.47 Å². The molecule has 5 heteroatoms. The third-order valence-electron chi connectivity index (χ3n) is 3.84. The molecule has 0 aliphatic rings. The molecule has 4 aromatic rings. The quantitative estimate of drug-likeness (QED) is 0.580. The highest BCUT2D eigenvalue weighted by Crippen LogP contribution is 2.28. The summed E-state index contributed by atoms with van der Waals surface area (Å²) in [7, 11) is 3.27. The molecule has 0 saturated heterocycles. The zero-order valence-corrected chi connectivity index (χ0v) is 12.9. The van der Waals surface area contributed by atoms with E-state index < -0.39 is 0 Å². The molecule has 2 aromatic carbocycles. The Bertz CT molecular complexity index is 990. The van der Waals surface area contributed by atoms with E-state index in [1.165, 1.54) is 0 Å². The maximum Gasteiger partial charge on any atom is 0.258 e. The molecule has 2 aromatic heterocycles. The number of aromatic nitrogens is 3. The van der Waals surface area contributed by atoms with E-state index in [-0.39, 0.29) is 0 Å². The number of imidazole rings is 1. The van der Waals surface area contributed by atoms with Crippen molar-refractivity contribution in [1.82, 2.24) is 14.4 Å². The van der Waals surface area contributed by atoms with Crippen molar-refractivity contribution in [1.29, 1.82) is 0 Å². The molecule has 0 saturated carbocycles. The molecule has 0 spiro atoms. The maximum atomic E-state index is 5.41. The van der Waals surface area contributed by atoms with Crippen LogP contribution in [0.4, 0.5) is 0 Å². The van der Waals surface area contributed by atoms with Crippen LogP contribution in [0.15, 0.2) is 54.7 Å². The Balaban J connectivity index is 1.97. The van der Waals surface area contributed by atoms with E-state index in [0.717, 1.165) is 28.0 Å². The van der Waals surface area contributed by atoms with Crippen LogP contribution < -0.4 is 9.47 Å². The van der Waals surface area contributed by atoms with Gasteiger partial charge in [0.15, 0.2) is 0 Å². The fourth-order valence-electron chi connectivity index (χ4n) is 2.67. The number of hydrogen-bond donors (Lipinski definition) is 0. The molecule has 114 valence electrons. The summed E-state index contributed by atoms with van der Waals surface area (Å²) in [6.07, 6.45) is 2.00. The van der Waals surface area contributed by atoms with E-state index in [0.29, 0.717) is 11.5 Å². The molecule has 2 heterocycles. The number of benzene rings is 2. The van der Waals surface area contributed by atoms with E-state index in [9.17, 15) is 0 Å². The number of methoxy groups -OCH3 is 2. The SMILES string of the molecule is COc1ccc(-c2cn3c(n2)c(OC)nc2ccccc23)cc1. The van der Waals surface area contributed by atoms with Gasteiger partial charge in [-0.1, -0.05) is 12.1 Å². The zero-order chi connectivity index (χ0) is 15.8. The van der Waals surface area contributed by atoms with Crippen molar-refractivity contribution in [2.75, 3.05) is 14.2 Å². The van der Waals surface area contributed by atoms with Gasteiger partial charge >= 0.3 is 0 Å². The van der Waals surface area contributed by atoms with E-state index in [2.05, 4.69) is 4.98 Å². The summed E-state index contributed by atoms with van der Waals surface area (Å²) in [5, 5.41) is 0. The molecule has 5 nitrogen and oxygen atoms in total. The van der Waals surface area contributed by atoms with Crippen LogP contribution in [0.1, 0.15) is 0 Å². The Labute approximate surface area is 133 Å². The first-order valence-electron chi connectivity index (χ1n) is 7.26. The number of ether oxygens (including phenoxy) is 2. The van der Waals surface area contributed by atoms with Crippen LogP contribution >= 0.6 is 0 Å². The van der Waals surface area contributed by atoms with Gasteiger partial charge in [0.1, 0.15) is 5.75 Å². The zero-order valence-electron chi connectivity index (χ0n) is 12.9. The lowest BCUT2D eigenvalue weighted by Crippen LogP contribution is -1.96. The lowest BCUT2D eigenvalue weighted by atomic mass is 10.2. The average Bonchev–Trinajstić information content (AvgIpc) is 3.06. The predicted molar refractivity (Wildman–Crippen MR) is 89.0 cm³/mol. The minimum absolute atomic E-state index is 0.517. The molecule has 23 heavy (non-hydrogen) atoms. The second-order valence-electron chi connectivity index (χ2n) is 5.16. The van der Waals surface area contributed by atoms with Gasteiger partial charge in [-0.2, -0.15) is 0 Å². The number of hydrogen-bond acceptors (Lipinski definition) is 4. The van der Waals surface area contributed by atoms with Gasteiger partial charge in [0, 0.05) is 11.8 Å². The lowest BCUT2D eigenvalue weighted by molar-refractivity contribution is 0.402. The second kappa shape index (κ2) is 5.28. The fraction of sp³-hybridized carbons (Fsp3) is 0.111. The maximum absolute atomic E-state index is 5.41. The molecule has 0 aliphatic carbocycles. The predicted octanol–water partition coefficient (Wildman–Crippen LogP) is 3.57. The number of rotatable bonds is 3. The third-order valence-corrected chi connectivity index (χ3v) is 3.84. The number of fused-ring (bicyclic) bond motifs is 3. The summed E-state index contributed by atoms with van der Waals surface area (Å²) in [4.78, 5) is 9.22. The van der Waals surface area contributed by atoms with Gasteiger partial charge in [0.05, 0.1) is 30.9 Å². The standard InChI is InChI=1S/C18H15N3O2/c1-22-13-9-7-12(8-10-13)15-11-21-16-6-4-3-5-14(16)20-18(23-2)17(21)19-15/h3-11H,1-2H3. The molecule has 0 atom stereocenters. The van der Waals surface area contributed by atoms with Gasteiger partial charge in [0.2, 0.25) is 5.65 Å². The topological polar surface area (TPSA) is 48.7 Å². The monoisotopic (exact) mass is 305 g/mol. The highest BCUT2D eigenvalue weighted by Gasteiger charge is 2.13. The van der Waals surface area contributed by atoms with Crippen LogP contribution in [0.25, 0.3) is 27.9 Å². The van der Waals surface area contributed by atoms with Crippen molar-refractivity contribution in [3.63, 3.8) is 0 Å². The Kier molecular flexibility index (Phi) is 3.12. The van der Waals surface area contributed by atoms with Gasteiger partial charge in [-0.25, -0.2) is 9.97 Å². The first kappa shape index (κ1) is 13.6. The smallest absolute Gasteiger partial charge is 0.258 e. The largest absolute Gasteiger partial charge is 0.497 e. The van der Waals surface area contributed by atoms with Crippen molar-refractivity contribution >= 4 is 16.7 Å². The molecular formula is C18H15N3O2. The molecule has 4 rings (SSSR count). The van der Waals surface area contributed by atoms with E-state index in [4.69, 9.17) is 14.5 Å². The van der Waals surface area contributed by atoms with E-state index >= 15 is 0 Å². The lowest BCUT2D eigenvalue weighted by Gasteiger charge is -2.04. The first-order valence-corrected chi connectivity index (χ1v) is 7.26. The molecule has 0 unspecified atom stereocenters. The van der Waals surface area contributed by atoms with Crippen LogP contribution in [-0.4, -0.2) is 28.6 Å². The van der Waals surface area contributed by atoms with Crippen molar-refractivity contribution in [3.8, 4) is 22.9 Å². The van der Waals surface area contributed by atoms with E-state index in [1.54, 1.807) is 14.2 Å². The Morgan fingerprint density at radius 1 is 0.870 bits per heavy atom. The average molecular weight is 305 g/mol. The highest BCUT2D eigenvalue weighted by molar-refractivity contribution is 5.81. The normalized spacial score (nSPS) is 11.0. The van der Waals surface area contributed by atoms with Crippen LogP contribution in [0.3, 0.4) is 0 Å². The number of nitrogens with zero attached hydrogens (tertiary/aromatic N) is 3. The summed E-state index contributed by atoms with van der Waals surface area (Å²) < 4.78 is 12.6. The van der Waals surface area contributed by atoms with Crippen molar-refractivity contribution in [3.05, 3.63) is 54.7 Å². The Morgan fingerprint density at radius 3 is 2.39 bits per heavy atom. The number of para-hydroxylation sites is 2. The molecule has 0 N–H and O–H groups in total. The molecule has 0 amide bonds. The Morgan fingerprint density at radius 2 is 1.65 bits per heavy atom. The molecule has 0 bridgehead atoms. The van der Waals surface area contributed by atoms with Crippen LogP contribution in [-0.2, 0) is 0 Å². The molecule has 0 fully saturated rings. The summed E-state index contributed by atoms with van der Waals surface area (Å²) in [6, 6.07) is 15.8. The van der Waals surface area contributed by atoms with Crippen LogP contribution in [0.5, 0.6) is 11.6 Å². The van der Waals surface area contributed by atoms with E-state index in [1.807, 2.05) is 59.1 Å². The summed E-state index contributed by atoms with van der Waals surface area (Å²) in [5.74, 6) is 1.34. The third kappa shape index (κ3) is 2.17. The molecule has 0 radical (unpaired) electrons. The van der Waals surface area contributed by atoms with Crippen LogP contribution in [0, 0.1) is 0 Å². The molecular weight excluding hydrogens is 290 g/mol. The summed E-state index contributed by atoms with van der Waals surface area (Å²) in [6.45, 7) is 0. The summed E-state index contributed by atoms with van der Waals surface area (Å²) >= 11 is 0. The van der Waals surface area contributed by atoms with Gasteiger partial charge in [-0.3, -0.25) is 4.40 Å². The second-order valence-corrected chi connectivity index (χ2v) is 5.16. The minimum atomic E-state index is 0.517. The van der Waals surface area contributed by atoms with Crippen molar-refractivity contribution < 1.29 is 9.47 Å².